The van der Waals surface area contributed by atoms with Crippen molar-refractivity contribution in [3.05, 3.63) is 134 Å². The fourth-order valence-corrected chi connectivity index (χ4v) is 8.19. The third-order valence-corrected chi connectivity index (χ3v) is 13.2. The van der Waals surface area contributed by atoms with Crippen molar-refractivity contribution in [1.82, 2.24) is 34.8 Å². The third-order valence-electron chi connectivity index (χ3n) is 11.8. The normalized spacial score (nSPS) is 14.6. The van der Waals surface area contributed by atoms with Crippen molar-refractivity contribution in [1.29, 1.82) is 0 Å². The summed E-state index contributed by atoms with van der Waals surface area (Å²) in [5, 5.41) is 31.8. The Labute approximate surface area is 429 Å². The molecule has 17 nitrogen and oxygen atoms in total. The van der Waals surface area contributed by atoms with Crippen LogP contribution in [0.3, 0.4) is 0 Å². The number of aromatic nitrogens is 5. The van der Waals surface area contributed by atoms with Crippen LogP contribution >= 0.6 is 11.8 Å². The SMILES string of the molecule is CC.CC(=O)/C=C(/C)C1C=C(C(=O)Nc2cccc(-c3cc(Nc4ccc(N5CCN(CCO)CC5)nn4)c(=O)n(C)c3)c2C)S1.CC(C)(C)c1ccc(C(N)=O)cc1.CC(C)N(C)Cc1ccc(N)nn1. The molecule has 0 bridgehead atoms. The fourth-order valence-electron chi connectivity index (χ4n) is 7.32. The lowest BCUT2D eigenvalue weighted by molar-refractivity contribution is -0.113. The number of amides is 2. The van der Waals surface area contributed by atoms with E-state index in [1.807, 2.05) is 82.3 Å². The number of ketones is 1. The number of benzene rings is 2. The fraction of sp³-hybridized carbons (Fsp3) is 0.407. The number of anilines is 5. The highest BCUT2D eigenvalue weighted by atomic mass is 32.2. The molecular weight excluding hydrogens is 929 g/mol. The largest absolute Gasteiger partial charge is 0.395 e. The number of aliphatic hydroxyl groups is 1. The Balaban J connectivity index is 0.000000325. The van der Waals surface area contributed by atoms with Gasteiger partial charge in [0.25, 0.3) is 11.5 Å². The van der Waals surface area contributed by atoms with Gasteiger partial charge >= 0.3 is 0 Å². The van der Waals surface area contributed by atoms with Crippen LogP contribution in [0, 0.1) is 6.92 Å². The number of pyridine rings is 1. The van der Waals surface area contributed by atoms with E-state index >= 15 is 0 Å². The van der Waals surface area contributed by atoms with Crippen LogP contribution in [0.25, 0.3) is 11.1 Å². The predicted molar refractivity (Wildman–Crippen MR) is 293 cm³/mol. The van der Waals surface area contributed by atoms with Gasteiger partial charge in [-0.1, -0.05) is 64.5 Å². The molecular formula is C54H74N12O5S. The quantitative estimate of drug-likeness (QED) is 0.0679. The molecule has 0 spiro atoms. The summed E-state index contributed by atoms with van der Waals surface area (Å²) < 4.78 is 1.52. The topological polar surface area (TPSA) is 231 Å². The third kappa shape index (κ3) is 17.0. The summed E-state index contributed by atoms with van der Waals surface area (Å²) in [6.07, 6.45) is 5.23. The molecule has 386 valence electrons. The van der Waals surface area contributed by atoms with Crippen LogP contribution in [0.4, 0.5) is 28.8 Å². The van der Waals surface area contributed by atoms with Crippen LogP contribution in [0.5, 0.6) is 0 Å². The zero-order valence-corrected chi connectivity index (χ0v) is 44.8. The van der Waals surface area contributed by atoms with Crippen molar-refractivity contribution in [3.63, 3.8) is 0 Å². The number of carbonyl (C=O) groups excluding carboxylic acids is 3. The molecule has 2 aliphatic heterocycles. The summed E-state index contributed by atoms with van der Waals surface area (Å²) in [5.41, 5.74) is 17.7. The van der Waals surface area contributed by atoms with E-state index in [1.165, 1.54) is 28.8 Å². The number of allylic oxidation sites excluding steroid dienone is 1. The lowest BCUT2D eigenvalue weighted by atomic mass is 9.87. The average Bonchev–Trinajstić information content (AvgIpc) is 3.32. The van der Waals surface area contributed by atoms with Gasteiger partial charge in [-0.15, -0.1) is 27.1 Å². The van der Waals surface area contributed by atoms with E-state index in [0.29, 0.717) is 46.1 Å². The van der Waals surface area contributed by atoms with E-state index in [2.05, 4.69) is 87.4 Å². The minimum absolute atomic E-state index is 0.00929. The van der Waals surface area contributed by atoms with Gasteiger partial charge in [-0.05, 0) is 124 Å². The molecule has 0 aliphatic carbocycles. The second-order valence-corrected chi connectivity index (χ2v) is 19.8. The second kappa shape index (κ2) is 27.2. The lowest BCUT2D eigenvalue weighted by Crippen LogP contribution is -2.47. The first-order chi connectivity index (χ1) is 34.1. The summed E-state index contributed by atoms with van der Waals surface area (Å²) in [5.74, 6) is 1.11. The number of thioether (sulfide) groups is 1. The van der Waals surface area contributed by atoms with Crippen LogP contribution in [0.2, 0.25) is 0 Å². The highest BCUT2D eigenvalue weighted by Gasteiger charge is 2.27. The minimum atomic E-state index is -0.375. The van der Waals surface area contributed by atoms with Gasteiger partial charge in [0.15, 0.2) is 17.4 Å². The molecule has 2 amide bonds. The monoisotopic (exact) mass is 1000 g/mol. The van der Waals surface area contributed by atoms with Gasteiger partial charge in [-0.3, -0.25) is 29.0 Å². The number of nitrogens with zero attached hydrogens (tertiary/aromatic N) is 8. The van der Waals surface area contributed by atoms with E-state index in [4.69, 9.17) is 16.6 Å². The zero-order valence-electron chi connectivity index (χ0n) is 44.0. The molecule has 2 aliphatic rings. The van der Waals surface area contributed by atoms with Gasteiger partial charge in [0.1, 0.15) is 11.5 Å². The zero-order chi connectivity index (χ0) is 53.3. The number of rotatable bonds is 14. The Bertz CT molecular complexity index is 2710. The van der Waals surface area contributed by atoms with Crippen molar-refractivity contribution in [2.75, 3.05) is 67.6 Å². The maximum Gasteiger partial charge on any atom is 0.274 e. The van der Waals surface area contributed by atoms with Crippen molar-refractivity contribution in [2.45, 2.75) is 92.5 Å². The maximum atomic E-state index is 13.0. The van der Waals surface area contributed by atoms with Gasteiger partial charge < -0.3 is 36.7 Å². The van der Waals surface area contributed by atoms with Gasteiger partial charge in [0, 0.05) is 75.4 Å². The number of primary amides is 1. The number of nitrogen functional groups attached to an aromatic ring is 1. The van der Waals surface area contributed by atoms with Crippen molar-refractivity contribution >= 4 is 58.2 Å². The number of hydrogen-bond acceptors (Lipinski definition) is 15. The summed E-state index contributed by atoms with van der Waals surface area (Å²) in [6, 6.07) is 22.8. The number of piperazine rings is 1. The summed E-state index contributed by atoms with van der Waals surface area (Å²) in [7, 11) is 3.76. The average molecular weight is 1000 g/mol. The van der Waals surface area contributed by atoms with Crippen molar-refractivity contribution in [2.24, 2.45) is 12.8 Å². The first-order valence-electron chi connectivity index (χ1n) is 24.2. The molecule has 18 heteroatoms. The smallest absolute Gasteiger partial charge is 0.274 e. The molecule has 72 heavy (non-hydrogen) atoms. The number of aliphatic hydroxyl groups excluding tert-OH is 1. The molecule has 1 saturated heterocycles. The number of nitrogens with one attached hydrogen (secondary N) is 2. The molecule has 1 fully saturated rings. The summed E-state index contributed by atoms with van der Waals surface area (Å²) in [6.45, 7) is 25.0. The number of hydrogen-bond donors (Lipinski definition) is 5. The first-order valence-corrected chi connectivity index (χ1v) is 25.1. The van der Waals surface area contributed by atoms with E-state index in [9.17, 15) is 19.2 Å². The van der Waals surface area contributed by atoms with Gasteiger partial charge in [-0.25, -0.2) is 0 Å². The number of nitrogens with two attached hydrogens (primary N) is 2. The number of β-amino-alcohol motifs (C(OH)–C–C–N with tert-alkyl or cyclic N) is 1. The number of aryl methyl sites for hydroxylation is 1. The van der Waals surface area contributed by atoms with Crippen LogP contribution in [-0.4, -0.2) is 115 Å². The van der Waals surface area contributed by atoms with Crippen LogP contribution < -0.4 is 32.6 Å². The highest BCUT2D eigenvalue weighted by Crippen LogP contribution is 2.39. The Morgan fingerprint density at radius 3 is 2.14 bits per heavy atom. The molecule has 1 atom stereocenters. The van der Waals surface area contributed by atoms with Gasteiger partial charge in [0.05, 0.1) is 22.5 Å². The Kier molecular flexibility index (Phi) is 21.8. The Morgan fingerprint density at radius 2 is 1.60 bits per heavy atom. The van der Waals surface area contributed by atoms with Crippen LogP contribution in [0.1, 0.15) is 89.5 Å². The van der Waals surface area contributed by atoms with Gasteiger partial charge in [0.2, 0.25) is 5.91 Å². The molecule has 1 unspecified atom stereocenters. The standard InChI is InChI=1S/C32H37N7O4S.C11H15NO.C9H16N4.C2H6/c1-20(16-21(2)41)27-18-28(44-27)31(42)34-25-7-5-6-24(22(25)3)23-17-26(32(43)37(4)19-23)33-29-8-9-30(36-35-29)39-12-10-38(11-13-39)14-15-40;1-11(2,3)9-6-4-8(5-7-9)10(12)13;1-7(2)13(3)6-8-4-5-9(10)12-11-8;1-2/h5-9,16-19,27,40H,10-15H2,1-4H3,(H,33,35)(H,34,42);4-7H,1-3H3,(H2,12,13);4-5,7H,6H2,1-3H3,(H2,10,12);1-2H3/b20-16-;;;. The van der Waals surface area contributed by atoms with Crippen LogP contribution in [-0.2, 0) is 28.6 Å². The predicted octanol–water partition coefficient (Wildman–Crippen LogP) is 7.49. The van der Waals surface area contributed by atoms with Crippen molar-refractivity contribution < 1.29 is 19.5 Å². The molecule has 0 saturated carbocycles. The van der Waals surface area contributed by atoms with Crippen molar-refractivity contribution in [3.8, 4) is 11.1 Å². The highest BCUT2D eigenvalue weighted by molar-refractivity contribution is 8.06. The van der Waals surface area contributed by atoms with E-state index in [-0.39, 0.29) is 40.4 Å². The van der Waals surface area contributed by atoms with E-state index in [1.54, 1.807) is 43.6 Å². The lowest BCUT2D eigenvalue weighted by Gasteiger charge is -2.34. The molecule has 5 heterocycles. The summed E-state index contributed by atoms with van der Waals surface area (Å²) >= 11 is 1.43. The Morgan fingerprint density at radius 1 is 0.931 bits per heavy atom. The Hall–Kier alpha value is -6.73. The molecule has 2 aromatic carbocycles. The van der Waals surface area contributed by atoms with E-state index < -0.39 is 0 Å². The van der Waals surface area contributed by atoms with Gasteiger partial charge in [-0.2, -0.15) is 5.10 Å². The second-order valence-electron chi connectivity index (χ2n) is 18.7. The number of carbonyl (C=O) groups is 3. The molecule has 3 aromatic heterocycles. The van der Waals surface area contributed by atoms with Crippen LogP contribution in [0.15, 0.2) is 106 Å². The molecule has 7 N–H and O–H groups in total. The molecule has 5 aromatic rings. The molecule has 0 radical (unpaired) electrons. The van der Waals surface area contributed by atoms with E-state index in [0.717, 1.165) is 66.5 Å². The summed E-state index contributed by atoms with van der Waals surface area (Å²) in [4.78, 5) is 55.3. The minimum Gasteiger partial charge on any atom is -0.395 e. The molecule has 7 rings (SSSR count). The maximum absolute atomic E-state index is 13.0. The first kappa shape index (κ1) is 57.8.